The highest BCUT2D eigenvalue weighted by molar-refractivity contribution is 5.86. The minimum Gasteiger partial charge on any atom is -0.353 e. The van der Waals surface area contributed by atoms with Gasteiger partial charge in [0.1, 0.15) is 0 Å². The Kier molecular flexibility index (Phi) is 2.23. The van der Waals surface area contributed by atoms with E-state index in [0.717, 1.165) is 25.9 Å². The van der Waals surface area contributed by atoms with E-state index in [1.54, 1.807) is 0 Å². The predicted molar refractivity (Wildman–Crippen MR) is 58.4 cm³/mol. The highest BCUT2D eigenvalue weighted by Crippen LogP contribution is 2.48. The van der Waals surface area contributed by atoms with Crippen LogP contribution in [0.15, 0.2) is 0 Å². The average Bonchev–Trinajstić information content (AvgIpc) is 2.55. The maximum Gasteiger partial charge on any atom is 0.226 e. The van der Waals surface area contributed by atoms with Crippen molar-refractivity contribution in [3.8, 4) is 0 Å². The summed E-state index contributed by atoms with van der Waals surface area (Å²) in [6.45, 7) is 2.05. The quantitative estimate of drug-likeness (QED) is 0.624. The third-order valence-corrected chi connectivity index (χ3v) is 4.74. The van der Waals surface area contributed by atoms with Gasteiger partial charge < -0.3 is 10.6 Å². The molecule has 0 aromatic heterocycles. The molecule has 2 saturated heterocycles. The third kappa shape index (κ3) is 1.32. The lowest BCUT2D eigenvalue weighted by molar-refractivity contribution is -0.130. The first-order chi connectivity index (χ1) is 7.33. The SMILES string of the molecule is O=C1NC2CCCCC2C12CCNCC2. The number of hydrogen-bond acceptors (Lipinski definition) is 2. The summed E-state index contributed by atoms with van der Waals surface area (Å²) in [5.41, 5.74) is 0.0103. The summed E-state index contributed by atoms with van der Waals surface area (Å²) < 4.78 is 0. The number of amides is 1. The van der Waals surface area contributed by atoms with Crippen LogP contribution >= 0.6 is 0 Å². The van der Waals surface area contributed by atoms with E-state index in [9.17, 15) is 4.79 Å². The molecule has 3 fully saturated rings. The third-order valence-electron chi connectivity index (χ3n) is 4.74. The van der Waals surface area contributed by atoms with E-state index in [1.165, 1.54) is 25.7 Å². The van der Waals surface area contributed by atoms with Gasteiger partial charge in [0.05, 0.1) is 5.41 Å². The summed E-state index contributed by atoms with van der Waals surface area (Å²) in [5, 5.41) is 6.62. The Morgan fingerprint density at radius 3 is 2.67 bits per heavy atom. The van der Waals surface area contributed by atoms with E-state index >= 15 is 0 Å². The fraction of sp³-hybridized carbons (Fsp3) is 0.917. The molecule has 3 heteroatoms. The van der Waals surface area contributed by atoms with Crippen molar-refractivity contribution in [1.82, 2.24) is 10.6 Å². The Morgan fingerprint density at radius 2 is 1.87 bits per heavy atom. The Bertz CT molecular complexity index is 271. The first-order valence-corrected chi connectivity index (χ1v) is 6.35. The van der Waals surface area contributed by atoms with E-state index in [-0.39, 0.29) is 5.41 Å². The van der Waals surface area contributed by atoms with Crippen molar-refractivity contribution in [2.24, 2.45) is 11.3 Å². The van der Waals surface area contributed by atoms with Crippen LogP contribution in [0.5, 0.6) is 0 Å². The molecule has 2 aliphatic heterocycles. The second-order valence-corrected chi connectivity index (χ2v) is 5.38. The van der Waals surface area contributed by atoms with Gasteiger partial charge in [-0.2, -0.15) is 0 Å². The van der Waals surface area contributed by atoms with Gasteiger partial charge in [-0.25, -0.2) is 0 Å². The Labute approximate surface area is 91.0 Å². The summed E-state index contributed by atoms with van der Waals surface area (Å²) in [6.07, 6.45) is 7.22. The van der Waals surface area contributed by atoms with Gasteiger partial charge in [0.15, 0.2) is 0 Å². The second-order valence-electron chi connectivity index (χ2n) is 5.38. The van der Waals surface area contributed by atoms with Gasteiger partial charge >= 0.3 is 0 Å². The van der Waals surface area contributed by atoms with Crippen molar-refractivity contribution in [2.45, 2.75) is 44.6 Å². The summed E-state index contributed by atoms with van der Waals surface area (Å²) in [5.74, 6) is 1.00. The van der Waals surface area contributed by atoms with Crippen LogP contribution in [0.2, 0.25) is 0 Å². The lowest BCUT2D eigenvalue weighted by Gasteiger charge is -2.39. The molecular weight excluding hydrogens is 188 g/mol. The van der Waals surface area contributed by atoms with Crippen LogP contribution < -0.4 is 10.6 Å². The molecule has 1 saturated carbocycles. The van der Waals surface area contributed by atoms with Crippen LogP contribution in [0.3, 0.4) is 0 Å². The highest BCUT2D eigenvalue weighted by Gasteiger charge is 2.54. The Balaban J connectivity index is 1.88. The zero-order chi connectivity index (χ0) is 10.3. The van der Waals surface area contributed by atoms with E-state index in [4.69, 9.17) is 0 Å². The van der Waals surface area contributed by atoms with E-state index in [2.05, 4.69) is 10.6 Å². The number of carbonyl (C=O) groups excluding carboxylic acids is 1. The Morgan fingerprint density at radius 1 is 1.13 bits per heavy atom. The smallest absolute Gasteiger partial charge is 0.226 e. The van der Waals surface area contributed by atoms with Crippen molar-refractivity contribution in [1.29, 1.82) is 0 Å². The van der Waals surface area contributed by atoms with Crippen LogP contribution in [0.25, 0.3) is 0 Å². The molecule has 0 aromatic carbocycles. The van der Waals surface area contributed by atoms with Crippen LogP contribution in [-0.4, -0.2) is 25.0 Å². The molecule has 3 nitrogen and oxygen atoms in total. The lowest BCUT2D eigenvalue weighted by Crippen LogP contribution is -2.45. The summed E-state index contributed by atoms with van der Waals surface area (Å²) in [7, 11) is 0. The zero-order valence-corrected chi connectivity index (χ0v) is 9.22. The van der Waals surface area contributed by atoms with Gasteiger partial charge in [-0.1, -0.05) is 12.8 Å². The molecule has 2 unspecified atom stereocenters. The average molecular weight is 208 g/mol. The van der Waals surface area contributed by atoms with Crippen LogP contribution in [-0.2, 0) is 4.79 Å². The number of carbonyl (C=O) groups is 1. The fourth-order valence-electron chi connectivity index (χ4n) is 3.92. The molecule has 1 spiro atoms. The minimum atomic E-state index is 0.0103. The maximum atomic E-state index is 12.2. The number of fused-ring (bicyclic) bond motifs is 2. The van der Waals surface area contributed by atoms with Crippen molar-refractivity contribution < 1.29 is 4.79 Å². The number of hydrogen-bond donors (Lipinski definition) is 2. The first-order valence-electron chi connectivity index (χ1n) is 6.35. The van der Waals surface area contributed by atoms with E-state index in [0.29, 0.717) is 17.9 Å². The molecule has 0 aromatic rings. The van der Waals surface area contributed by atoms with Crippen LogP contribution in [0.1, 0.15) is 38.5 Å². The van der Waals surface area contributed by atoms with Gasteiger partial charge in [0.2, 0.25) is 5.91 Å². The summed E-state index contributed by atoms with van der Waals surface area (Å²) in [4.78, 5) is 12.2. The molecule has 2 atom stereocenters. The molecule has 2 N–H and O–H groups in total. The summed E-state index contributed by atoms with van der Waals surface area (Å²) >= 11 is 0. The Hall–Kier alpha value is -0.570. The van der Waals surface area contributed by atoms with E-state index < -0.39 is 0 Å². The molecule has 1 aliphatic carbocycles. The molecule has 3 aliphatic rings. The second kappa shape index (κ2) is 3.48. The van der Waals surface area contributed by atoms with Crippen molar-refractivity contribution in [3.63, 3.8) is 0 Å². The van der Waals surface area contributed by atoms with Crippen molar-refractivity contribution in [3.05, 3.63) is 0 Å². The summed E-state index contributed by atoms with van der Waals surface area (Å²) in [6, 6.07) is 0.504. The normalized spacial score (nSPS) is 38.8. The predicted octanol–water partition coefficient (Wildman–Crippen LogP) is 1.04. The fourth-order valence-corrected chi connectivity index (χ4v) is 3.92. The molecule has 15 heavy (non-hydrogen) atoms. The maximum absolute atomic E-state index is 12.2. The van der Waals surface area contributed by atoms with Gasteiger partial charge in [-0.15, -0.1) is 0 Å². The first kappa shape index (κ1) is 9.64. The topological polar surface area (TPSA) is 41.1 Å². The van der Waals surface area contributed by atoms with Crippen molar-refractivity contribution in [2.75, 3.05) is 13.1 Å². The number of rotatable bonds is 0. The van der Waals surface area contributed by atoms with Gasteiger partial charge in [0.25, 0.3) is 0 Å². The molecule has 84 valence electrons. The largest absolute Gasteiger partial charge is 0.353 e. The van der Waals surface area contributed by atoms with E-state index in [1.807, 2.05) is 0 Å². The van der Waals surface area contributed by atoms with Gasteiger partial charge in [-0.3, -0.25) is 4.79 Å². The molecule has 0 radical (unpaired) electrons. The van der Waals surface area contributed by atoms with Crippen molar-refractivity contribution >= 4 is 5.91 Å². The molecule has 1 amide bonds. The van der Waals surface area contributed by atoms with Crippen LogP contribution in [0, 0.1) is 11.3 Å². The molecular formula is C12H20N2O. The monoisotopic (exact) mass is 208 g/mol. The zero-order valence-electron chi connectivity index (χ0n) is 9.22. The standard InChI is InChI=1S/C12H20N2O/c15-11-12(5-7-13-8-6-12)9-3-1-2-4-10(9)14-11/h9-10,13H,1-8H2,(H,14,15). The molecule has 0 bridgehead atoms. The molecule has 3 rings (SSSR count). The van der Waals surface area contributed by atoms with Gasteiger partial charge in [-0.05, 0) is 44.7 Å². The molecule has 2 heterocycles. The number of nitrogens with one attached hydrogen (secondary N) is 2. The lowest BCUT2D eigenvalue weighted by atomic mass is 9.65. The van der Waals surface area contributed by atoms with Crippen LogP contribution in [0.4, 0.5) is 0 Å². The minimum absolute atomic E-state index is 0.0103. The van der Waals surface area contributed by atoms with Gasteiger partial charge in [0, 0.05) is 6.04 Å². The highest BCUT2D eigenvalue weighted by atomic mass is 16.2. The number of piperidine rings is 1.